The molecule has 3 nitrogen and oxygen atoms in total. The normalized spacial score (nSPS) is 10.4. The number of hydrogen-bond donors (Lipinski definition) is 0. The van der Waals surface area contributed by atoms with E-state index in [2.05, 4.69) is 9.97 Å². The summed E-state index contributed by atoms with van der Waals surface area (Å²) < 4.78 is 0. The summed E-state index contributed by atoms with van der Waals surface area (Å²) in [5, 5.41) is 2.96. The molecule has 2 aromatic rings. The van der Waals surface area contributed by atoms with Gasteiger partial charge in [0.25, 0.3) is 0 Å². The molecule has 0 radical (unpaired) electrons. The zero-order valence-corrected chi connectivity index (χ0v) is 10.2. The Bertz CT molecular complexity index is 507. The Hall–Kier alpha value is -1.26. The Kier molecular flexibility index (Phi) is 3.31. The molecular formula is C11H9ClN2OS. The van der Waals surface area contributed by atoms with Gasteiger partial charge in [0.15, 0.2) is 10.8 Å². The Morgan fingerprint density at radius 3 is 2.88 bits per heavy atom. The van der Waals surface area contributed by atoms with Crippen LogP contribution in [0.5, 0.6) is 0 Å². The van der Waals surface area contributed by atoms with Gasteiger partial charge in [0.1, 0.15) is 5.69 Å². The molecule has 2 rings (SSSR count). The monoisotopic (exact) mass is 252 g/mol. The third kappa shape index (κ3) is 2.28. The highest BCUT2D eigenvalue weighted by Crippen LogP contribution is 2.21. The molecule has 0 aliphatic heterocycles. The molecule has 0 bridgehead atoms. The number of nitrogens with zero attached hydrogens (tertiary/aromatic N) is 2. The molecule has 2 aromatic heterocycles. The maximum atomic E-state index is 11.4. The van der Waals surface area contributed by atoms with Crippen molar-refractivity contribution in [2.45, 2.75) is 13.3 Å². The Labute approximate surface area is 102 Å². The molecule has 0 aliphatic carbocycles. The lowest BCUT2D eigenvalue weighted by Crippen LogP contribution is -1.95. The van der Waals surface area contributed by atoms with Crippen molar-refractivity contribution < 1.29 is 4.79 Å². The Balaban J connectivity index is 2.31. The van der Waals surface area contributed by atoms with Crippen molar-refractivity contribution in [2.75, 3.05) is 0 Å². The van der Waals surface area contributed by atoms with Crippen LogP contribution in [0.25, 0.3) is 11.4 Å². The predicted molar refractivity (Wildman–Crippen MR) is 65.0 cm³/mol. The molecule has 0 amide bonds. The maximum absolute atomic E-state index is 11.4. The van der Waals surface area contributed by atoms with E-state index in [1.165, 1.54) is 11.3 Å². The van der Waals surface area contributed by atoms with Crippen LogP contribution in [0.4, 0.5) is 0 Å². The second-order valence-electron chi connectivity index (χ2n) is 3.18. The van der Waals surface area contributed by atoms with Crippen LogP contribution in [0.1, 0.15) is 23.1 Å². The van der Waals surface area contributed by atoms with Crippen molar-refractivity contribution in [3.63, 3.8) is 0 Å². The molecule has 2 heterocycles. The standard InChI is InChI=1S/C11H9ClN2OS/c1-2-10(15)11-14-9(6-16-11)8-4-3-7(12)5-13-8/h3-6H,2H2,1H3. The molecule has 0 unspecified atom stereocenters. The van der Waals surface area contributed by atoms with E-state index in [1.54, 1.807) is 18.3 Å². The van der Waals surface area contributed by atoms with Gasteiger partial charge in [-0.2, -0.15) is 0 Å². The zero-order chi connectivity index (χ0) is 11.5. The lowest BCUT2D eigenvalue weighted by Gasteiger charge is -1.94. The van der Waals surface area contributed by atoms with Crippen LogP contribution in [-0.2, 0) is 0 Å². The molecule has 0 N–H and O–H groups in total. The highest BCUT2D eigenvalue weighted by atomic mass is 35.5. The van der Waals surface area contributed by atoms with Gasteiger partial charge in [-0.25, -0.2) is 4.98 Å². The molecule has 0 fully saturated rings. The highest BCUT2D eigenvalue weighted by Gasteiger charge is 2.10. The van der Waals surface area contributed by atoms with Crippen molar-refractivity contribution in [1.82, 2.24) is 9.97 Å². The number of pyridine rings is 1. The molecular weight excluding hydrogens is 244 g/mol. The van der Waals surface area contributed by atoms with Crippen molar-refractivity contribution >= 4 is 28.7 Å². The van der Waals surface area contributed by atoms with Gasteiger partial charge >= 0.3 is 0 Å². The van der Waals surface area contributed by atoms with Crippen LogP contribution >= 0.6 is 22.9 Å². The largest absolute Gasteiger partial charge is 0.292 e. The fourth-order valence-electron chi connectivity index (χ4n) is 1.20. The van der Waals surface area contributed by atoms with Gasteiger partial charge in [-0.1, -0.05) is 18.5 Å². The van der Waals surface area contributed by atoms with Crippen LogP contribution in [0.3, 0.4) is 0 Å². The van der Waals surface area contributed by atoms with Gasteiger partial charge in [-0.05, 0) is 12.1 Å². The second-order valence-corrected chi connectivity index (χ2v) is 4.47. The maximum Gasteiger partial charge on any atom is 0.191 e. The first-order valence-electron chi connectivity index (χ1n) is 4.81. The topological polar surface area (TPSA) is 42.9 Å². The number of ketones is 1. The van der Waals surface area contributed by atoms with E-state index in [0.29, 0.717) is 16.5 Å². The van der Waals surface area contributed by atoms with Crippen molar-refractivity contribution in [3.05, 3.63) is 33.7 Å². The fourth-order valence-corrected chi connectivity index (χ4v) is 2.13. The molecule has 0 aromatic carbocycles. The van der Waals surface area contributed by atoms with Gasteiger partial charge < -0.3 is 0 Å². The van der Waals surface area contributed by atoms with Crippen molar-refractivity contribution in [2.24, 2.45) is 0 Å². The SMILES string of the molecule is CCC(=O)c1nc(-c2ccc(Cl)cn2)cs1. The minimum atomic E-state index is 0.0604. The number of Topliss-reactive ketones (excluding diaryl/α,β-unsaturated/α-hetero) is 1. The molecule has 0 atom stereocenters. The van der Waals surface area contributed by atoms with Crippen molar-refractivity contribution in [1.29, 1.82) is 0 Å². The summed E-state index contributed by atoms with van der Waals surface area (Å²) >= 11 is 7.09. The van der Waals surface area contributed by atoms with E-state index in [-0.39, 0.29) is 5.78 Å². The van der Waals surface area contributed by atoms with Gasteiger partial charge in [0.2, 0.25) is 0 Å². The van der Waals surface area contributed by atoms with Crippen molar-refractivity contribution in [3.8, 4) is 11.4 Å². The number of thiazole rings is 1. The first kappa shape index (κ1) is 11.2. The van der Waals surface area contributed by atoms with E-state index < -0.39 is 0 Å². The molecule has 0 spiro atoms. The number of carbonyl (C=O) groups is 1. The first-order chi connectivity index (χ1) is 7.70. The number of hydrogen-bond acceptors (Lipinski definition) is 4. The first-order valence-corrected chi connectivity index (χ1v) is 6.07. The van der Waals surface area contributed by atoms with Gasteiger partial charge in [-0.3, -0.25) is 9.78 Å². The molecule has 16 heavy (non-hydrogen) atoms. The molecule has 5 heteroatoms. The van der Waals surface area contributed by atoms with Crippen LogP contribution in [0, 0.1) is 0 Å². The summed E-state index contributed by atoms with van der Waals surface area (Å²) in [4.78, 5) is 19.8. The summed E-state index contributed by atoms with van der Waals surface area (Å²) in [6, 6.07) is 3.54. The third-order valence-electron chi connectivity index (χ3n) is 2.05. The molecule has 0 saturated heterocycles. The van der Waals surface area contributed by atoms with E-state index in [0.717, 1.165) is 11.4 Å². The minimum Gasteiger partial charge on any atom is -0.292 e. The van der Waals surface area contributed by atoms with Crippen LogP contribution in [0.15, 0.2) is 23.7 Å². The zero-order valence-electron chi connectivity index (χ0n) is 8.61. The smallest absolute Gasteiger partial charge is 0.191 e. The second kappa shape index (κ2) is 4.72. The van der Waals surface area contributed by atoms with Crippen LogP contribution in [0.2, 0.25) is 5.02 Å². The van der Waals surface area contributed by atoms with E-state index in [1.807, 2.05) is 12.3 Å². The van der Waals surface area contributed by atoms with E-state index in [9.17, 15) is 4.79 Å². The van der Waals surface area contributed by atoms with Gasteiger partial charge in [0.05, 0.1) is 10.7 Å². The molecule has 0 saturated carbocycles. The number of carbonyl (C=O) groups excluding carboxylic acids is 1. The predicted octanol–water partition coefficient (Wildman–Crippen LogP) is 3.45. The van der Waals surface area contributed by atoms with E-state index >= 15 is 0 Å². The summed E-state index contributed by atoms with van der Waals surface area (Å²) in [5.41, 5.74) is 1.45. The minimum absolute atomic E-state index is 0.0604. The summed E-state index contributed by atoms with van der Waals surface area (Å²) in [6.45, 7) is 1.82. The number of halogens is 1. The molecule has 0 aliphatic rings. The summed E-state index contributed by atoms with van der Waals surface area (Å²) in [5.74, 6) is 0.0604. The lowest BCUT2D eigenvalue weighted by atomic mass is 10.3. The average Bonchev–Trinajstić information content (AvgIpc) is 2.78. The van der Waals surface area contributed by atoms with Gasteiger partial charge in [0, 0.05) is 18.0 Å². The Morgan fingerprint density at radius 1 is 1.44 bits per heavy atom. The average molecular weight is 253 g/mol. The number of aromatic nitrogens is 2. The third-order valence-corrected chi connectivity index (χ3v) is 3.16. The van der Waals surface area contributed by atoms with Gasteiger partial charge in [-0.15, -0.1) is 11.3 Å². The summed E-state index contributed by atoms with van der Waals surface area (Å²) in [7, 11) is 0. The number of rotatable bonds is 3. The fraction of sp³-hybridized carbons (Fsp3) is 0.182. The van der Waals surface area contributed by atoms with Crippen LogP contribution < -0.4 is 0 Å². The quantitative estimate of drug-likeness (QED) is 0.786. The highest BCUT2D eigenvalue weighted by molar-refractivity contribution is 7.12. The molecule has 82 valence electrons. The Morgan fingerprint density at radius 2 is 2.25 bits per heavy atom. The van der Waals surface area contributed by atoms with E-state index in [4.69, 9.17) is 11.6 Å². The van der Waals surface area contributed by atoms with Crippen LogP contribution in [-0.4, -0.2) is 15.8 Å². The summed E-state index contributed by atoms with van der Waals surface area (Å²) in [6.07, 6.45) is 2.04. The lowest BCUT2D eigenvalue weighted by molar-refractivity contribution is 0.0988.